The second-order valence-electron chi connectivity index (χ2n) is 15.0. The van der Waals surface area contributed by atoms with Gasteiger partial charge in [-0.05, 0) is 77.0 Å². The van der Waals surface area contributed by atoms with Gasteiger partial charge in [-0.1, -0.05) is 177 Å². The minimum Gasteiger partial charge on any atom is -0.462 e. The van der Waals surface area contributed by atoms with Crippen LogP contribution in [0.15, 0.2) is 60.8 Å². The highest BCUT2D eigenvalue weighted by molar-refractivity contribution is 7.46. The van der Waals surface area contributed by atoms with E-state index >= 15 is 0 Å². The molecule has 0 aromatic carbocycles. The summed E-state index contributed by atoms with van der Waals surface area (Å²) in [5, 5.41) is 0. The summed E-state index contributed by atoms with van der Waals surface area (Å²) in [6.07, 6.45) is 53.7. The molecule has 0 rings (SSSR count). The van der Waals surface area contributed by atoms with Gasteiger partial charge in [0.2, 0.25) is 0 Å². The van der Waals surface area contributed by atoms with Crippen molar-refractivity contribution in [3.8, 4) is 0 Å². The van der Waals surface area contributed by atoms with E-state index in [1.54, 1.807) is 0 Å². The lowest BCUT2D eigenvalue weighted by Crippen LogP contribution is -2.29. The second-order valence-corrected chi connectivity index (χ2v) is 16.3. The number of carbonyl (C=O) groups is 2. The Labute approximate surface area is 343 Å². The maximum atomic E-state index is 12.4. The fourth-order valence-electron chi connectivity index (χ4n) is 6.12. The molecule has 0 spiro atoms. The molecule has 0 fully saturated rings. The highest BCUT2D eigenvalue weighted by atomic mass is 31.2. The van der Waals surface area contributed by atoms with Crippen LogP contribution in [-0.2, 0) is 28.2 Å². The number of ether oxygens (including phenoxy) is 2. The summed E-state index contributed by atoms with van der Waals surface area (Å²) in [4.78, 5) is 42.9. The molecule has 324 valence electrons. The van der Waals surface area contributed by atoms with Crippen LogP contribution in [0.3, 0.4) is 0 Å². The lowest BCUT2D eigenvalue weighted by atomic mass is 10.0. The van der Waals surface area contributed by atoms with Crippen LogP contribution < -0.4 is 0 Å². The van der Waals surface area contributed by atoms with Crippen molar-refractivity contribution in [1.82, 2.24) is 0 Å². The smallest absolute Gasteiger partial charge is 0.462 e. The number of allylic oxidation sites excluding steroid dienone is 10. The van der Waals surface area contributed by atoms with E-state index in [0.717, 1.165) is 64.2 Å². The lowest BCUT2D eigenvalue weighted by molar-refractivity contribution is -0.161. The fourth-order valence-corrected chi connectivity index (χ4v) is 6.48. The number of carbonyl (C=O) groups excluding carboxylic acids is 2. The van der Waals surface area contributed by atoms with Gasteiger partial charge in [0.15, 0.2) is 6.10 Å². The molecular formula is C47H83O8P. The predicted molar refractivity (Wildman–Crippen MR) is 234 cm³/mol. The molecule has 56 heavy (non-hydrogen) atoms. The van der Waals surface area contributed by atoms with Crippen molar-refractivity contribution in [1.29, 1.82) is 0 Å². The molecule has 0 unspecified atom stereocenters. The van der Waals surface area contributed by atoms with Crippen LogP contribution in [-0.4, -0.2) is 41.0 Å². The average molecular weight is 807 g/mol. The highest BCUT2D eigenvalue weighted by Gasteiger charge is 2.22. The van der Waals surface area contributed by atoms with Crippen molar-refractivity contribution in [3.05, 3.63) is 60.8 Å². The summed E-state index contributed by atoms with van der Waals surface area (Å²) < 4.78 is 26.4. The zero-order valence-corrected chi connectivity index (χ0v) is 36.7. The molecule has 0 radical (unpaired) electrons. The number of hydrogen-bond acceptors (Lipinski definition) is 6. The van der Waals surface area contributed by atoms with Gasteiger partial charge in [-0.15, -0.1) is 0 Å². The number of hydrogen-bond donors (Lipinski definition) is 2. The number of esters is 2. The van der Waals surface area contributed by atoms with Crippen molar-refractivity contribution in [3.63, 3.8) is 0 Å². The Balaban J connectivity index is 3.92. The Hall–Kier alpha value is -2.25. The molecule has 0 saturated carbocycles. The standard InChI is InChI=1S/C47H83O8P/c1-3-5-7-9-11-13-15-17-19-21-22-23-24-26-27-29-31-33-35-37-39-41-46(48)53-43-45(44-54-56(50,51)52)55-47(49)42-40-38-36-34-32-30-28-25-20-18-16-14-12-10-8-6-4-2/h8,10,14,16-17,19-20,25,30,32,45H,3-7,9,11-13,15,18,21-24,26-29,31,33-44H2,1-2H3,(H2,50,51,52)/b10-8+,16-14+,19-17+,25-20+,32-30+/t45-/m1/s1. The average Bonchev–Trinajstić information content (AvgIpc) is 3.17. The van der Waals surface area contributed by atoms with E-state index in [-0.39, 0.29) is 19.4 Å². The molecule has 0 aromatic rings. The predicted octanol–water partition coefficient (Wildman–Crippen LogP) is 14.1. The number of phosphoric ester groups is 1. The van der Waals surface area contributed by atoms with Crippen LogP contribution in [0.2, 0.25) is 0 Å². The fraction of sp³-hybridized carbons (Fsp3) is 0.745. The maximum absolute atomic E-state index is 12.4. The molecular weight excluding hydrogens is 723 g/mol. The van der Waals surface area contributed by atoms with Crippen molar-refractivity contribution < 1.29 is 37.9 Å². The minimum absolute atomic E-state index is 0.173. The van der Waals surface area contributed by atoms with Gasteiger partial charge in [0.05, 0.1) is 6.61 Å². The third-order valence-electron chi connectivity index (χ3n) is 9.49. The molecule has 0 aromatic heterocycles. The summed E-state index contributed by atoms with van der Waals surface area (Å²) >= 11 is 0. The zero-order valence-electron chi connectivity index (χ0n) is 35.8. The molecule has 1 atom stereocenters. The molecule has 0 amide bonds. The Kier molecular flexibility index (Phi) is 40.7. The van der Waals surface area contributed by atoms with Crippen molar-refractivity contribution >= 4 is 19.8 Å². The summed E-state index contributed by atoms with van der Waals surface area (Å²) in [7, 11) is -4.77. The van der Waals surface area contributed by atoms with Gasteiger partial charge in [0, 0.05) is 12.8 Å². The van der Waals surface area contributed by atoms with E-state index in [9.17, 15) is 14.2 Å². The van der Waals surface area contributed by atoms with Crippen LogP contribution >= 0.6 is 7.82 Å². The van der Waals surface area contributed by atoms with E-state index in [1.807, 2.05) is 0 Å². The van der Waals surface area contributed by atoms with Gasteiger partial charge >= 0.3 is 19.8 Å². The first kappa shape index (κ1) is 53.8. The summed E-state index contributed by atoms with van der Waals surface area (Å²) in [5.74, 6) is -0.921. The molecule has 0 aliphatic rings. The SMILES string of the molecule is CCC/C=C/C/C=C/C/C=C/C/C=C/CCCCCC(=O)O[C@H](COC(=O)CCCCCCCCCCCCC/C=C/CCCCCCCC)COP(=O)(O)O. The maximum Gasteiger partial charge on any atom is 0.469 e. The van der Waals surface area contributed by atoms with E-state index in [2.05, 4.69) is 79.1 Å². The Bertz CT molecular complexity index is 1090. The summed E-state index contributed by atoms with van der Waals surface area (Å²) in [6, 6.07) is 0. The Morgan fingerprint density at radius 1 is 0.464 bits per heavy atom. The topological polar surface area (TPSA) is 119 Å². The molecule has 0 aliphatic carbocycles. The molecule has 8 nitrogen and oxygen atoms in total. The van der Waals surface area contributed by atoms with Crippen LogP contribution in [0.5, 0.6) is 0 Å². The van der Waals surface area contributed by atoms with Gasteiger partial charge < -0.3 is 19.3 Å². The molecule has 0 saturated heterocycles. The first-order chi connectivity index (χ1) is 27.3. The van der Waals surface area contributed by atoms with E-state index in [1.165, 1.54) is 109 Å². The van der Waals surface area contributed by atoms with Gasteiger partial charge in [0.1, 0.15) is 6.61 Å². The second kappa shape index (κ2) is 42.4. The van der Waals surface area contributed by atoms with Crippen LogP contribution in [0.25, 0.3) is 0 Å². The molecule has 0 heterocycles. The van der Waals surface area contributed by atoms with E-state index in [0.29, 0.717) is 6.42 Å². The van der Waals surface area contributed by atoms with E-state index in [4.69, 9.17) is 19.3 Å². The van der Waals surface area contributed by atoms with Gasteiger partial charge in [-0.25, -0.2) is 4.57 Å². The van der Waals surface area contributed by atoms with Crippen LogP contribution in [0.4, 0.5) is 0 Å². The van der Waals surface area contributed by atoms with Crippen molar-refractivity contribution in [2.75, 3.05) is 13.2 Å². The Morgan fingerprint density at radius 3 is 1.30 bits per heavy atom. The van der Waals surface area contributed by atoms with E-state index < -0.39 is 32.5 Å². The normalized spacial score (nSPS) is 13.0. The number of phosphoric acid groups is 1. The quantitative estimate of drug-likeness (QED) is 0.0271. The highest BCUT2D eigenvalue weighted by Crippen LogP contribution is 2.36. The molecule has 0 bridgehead atoms. The van der Waals surface area contributed by atoms with Gasteiger partial charge in [-0.3, -0.25) is 14.1 Å². The lowest BCUT2D eigenvalue weighted by Gasteiger charge is -2.18. The first-order valence-corrected chi connectivity index (χ1v) is 24.1. The monoisotopic (exact) mass is 807 g/mol. The first-order valence-electron chi connectivity index (χ1n) is 22.6. The van der Waals surface area contributed by atoms with Crippen molar-refractivity contribution in [2.24, 2.45) is 0 Å². The largest absolute Gasteiger partial charge is 0.469 e. The summed E-state index contributed by atoms with van der Waals surface area (Å²) in [5.41, 5.74) is 0. The number of unbranched alkanes of at least 4 members (excludes halogenated alkanes) is 21. The van der Waals surface area contributed by atoms with Gasteiger partial charge in [-0.2, -0.15) is 0 Å². The third-order valence-corrected chi connectivity index (χ3v) is 9.98. The Morgan fingerprint density at radius 2 is 0.839 bits per heavy atom. The molecule has 0 aliphatic heterocycles. The zero-order chi connectivity index (χ0) is 41.1. The van der Waals surface area contributed by atoms with Gasteiger partial charge in [0.25, 0.3) is 0 Å². The third kappa shape index (κ3) is 44.5. The van der Waals surface area contributed by atoms with Crippen LogP contribution in [0.1, 0.15) is 206 Å². The van der Waals surface area contributed by atoms with Crippen molar-refractivity contribution in [2.45, 2.75) is 213 Å². The molecule has 2 N–H and O–H groups in total. The number of rotatable bonds is 41. The van der Waals surface area contributed by atoms with Crippen LogP contribution in [0, 0.1) is 0 Å². The minimum atomic E-state index is -4.77. The summed E-state index contributed by atoms with van der Waals surface area (Å²) in [6.45, 7) is 3.60. The molecule has 9 heteroatoms.